The van der Waals surface area contributed by atoms with Gasteiger partial charge in [0.2, 0.25) is 11.8 Å². The molecule has 2 atom stereocenters. The fourth-order valence-electron chi connectivity index (χ4n) is 2.39. The quantitative estimate of drug-likeness (QED) is 0.367. The maximum absolute atomic E-state index is 12.4. The lowest BCUT2D eigenvalue weighted by molar-refractivity contribution is -0.147. The Morgan fingerprint density at radius 1 is 1.09 bits per heavy atom. The van der Waals surface area contributed by atoms with Crippen molar-refractivity contribution in [2.75, 3.05) is 6.61 Å². The third-order valence-corrected chi connectivity index (χ3v) is 5.88. The van der Waals surface area contributed by atoms with E-state index >= 15 is 0 Å². The van der Waals surface area contributed by atoms with E-state index in [0.717, 1.165) is 17.5 Å². The highest BCUT2D eigenvalue weighted by Gasteiger charge is 2.35. The van der Waals surface area contributed by atoms with Crippen LogP contribution in [-0.2, 0) is 29.7 Å². The zero-order chi connectivity index (χ0) is 24.9. The van der Waals surface area contributed by atoms with Gasteiger partial charge in [-0.2, -0.15) is 12.6 Å². The summed E-state index contributed by atoms with van der Waals surface area (Å²) in [6, 6.07) is 9.35. The topological polar surface area (TPSA) is 102 Å². The van der Waals surface area contributed by atoms with Crippen LogP contribution in [0.15, 0.2) is 30.3 Å². The van der Waals surface area contributed by atoms with E-state index in [1.807, 2.05) is 32.0 Å². The molecule has 9 heteroatoms. The van der Waals surface area contributed by atoms with Gasteiger partial charge in [0.15, 0.2) is 5.12 Å². The normalized spacial score (nSPS) is 12.7. The van der Waals surface area contributed by atoms with Crippen LogP contribution in [0.25, 0.3) is 0 Å². The van der Waals surface area contributed by atoms with Gasteiger partial charge < -0.3 is 15.4 Å². The number of hydrogen-bond acceptors (Lipinski definition) is 7. The molecule has 2 amide bonds. The monoisotopic (exact) mass is 484 g/mol. The molecule has 0 saturated carbocycles. The molecule has 0 aliphatic carbocycles. The molecule has 0 bridgehead atoms. The standard InChI is InChI=1S/C16H28N2O5S.C7H8S/c1-8-23-14(21)10(4)17-15(22)16(6,7)18-13(20)12(9(2)3)24-11(5)19;8-6-7-4-2-1-3-5-7/h9-10,12H,8H2,1-7H3,(H,17,22)(H,18,20);1-5,8H,6H2/t10-,12?;/m0./s1. The van der Waals surface area contributed by atoms with Crippen LogP contribution in [0.5, 0.6) is 0 Å². The Hall–Kier alpha value is -2.00. The van der Waals surface area contributed by atoms with Gasteiger partial charge in [0, 0.05) is 12.7 Å². The fourth-order valence-corrected chi connectivity index (χ4v) is 3.40. The molecule has 0 saturated heterocycles. The van der Waals surface area contributed by atoms with Crippen LogP contribution < -0.4 is 10.6 Å². The highest BCUT2D eigenvalue weighted by molar-refractivity contribution is 8.14. The molecule has 0 radical (unpaired) electrons. The Balaban J connectivity index is 0.000000995. The van der Waals surface area contributed by atoms with Gasteiger partial charge in [0.25, 0.3) is 0 Å². The van der Waals surface area contributed by atoms with E-state index in [4.69, 9.17) is 4.74 Å². The molecule has 0 heterocycles. The summed E-state index contributed by atoms with van der Waals surface area (Å²) in [6.07, 6.45) is 0. The zero-order valence-corrected chi connectivity index (χ0v) is 21.6. The van der Waals surface area contributed by atoms with Crippen molar-refractivity contribution >= 4 is 47.3 Å². The molecule has 0 spiro atoms. The second-order valence-corrected chi connectivity index (χ2v) is 9.61. The fraction of sp³-hybridized carbons (Fsp3) is 0.565. The molecule has 2 N–H and O–H groups in total. The first-order valence-corrected chi connectivity index (χ1v) is 12.0. The van der Waals surface area contributed by atoms with Crippen LogP contribution >= 0.6 is 24.4 Å². The number of thioether (sulfide) groups is 1. The van der Waals surface area contributed by atoms with E-state index in [-0.39, 0.29) is 17.6 Å². The minimum absolute atomic E-state index is 0.0729. The first-order valence-electron chi connectivity index (χ1n) is 10.5. The number of carbonyl (C=O) groups is 4. The maximum Gasteiger partial charge on any atom is 0.328 e. The second kappa shape index (κ2) is 14.9. The van der Waals surface area contributed by atoms with Crippen molar-refractivity contribution in [3.63, 3.8) is 0 Å². The summed E-state index contributed by atoms with van der Waals surface area (Å²) >= 11 is 5.05. The lowest BCUT2D eigenvalue weighted by Gasteiger charge is -2.29. The van der Waals surface area contributed by atoms with Gasteiger partial charge in [-0.1, -0.05) is 55.9 Å². The predicted molar refractivity (Wildman–Crippen MR) is 132 cm³/mol. The van der Waals surface area contributed by atoms with Crippen molar-refractivity contribution in [2.24, 2.45) is 5.92 Å². The van der Waals surface area contributed by atoms with Crippen LogP contribution in [-0.4, -0.2) is 46.3 Å². The lowest BCUT2D eigenvalue weighted by Crippen LogP contribution is -2.59. The third kappa shape index (κ3) is 11.6. The van der Waals surface area contributed by atoms with Gasteiger partial charge in [0.1, 0.15) is 11.6 Å². The Morgan fingerprint density at radius 3 is 2.06 bits per heavy atom. The second-order valence-electron chi connectivity index (χ2n) is 7.98. The molecular weight excluding hydrogens is 448 g/mol. The molecule has 0 aliphatic heterocycles. The Bertz CT molecular complexity index is 754. The minimum atomic E-state index is -1.23. The molecule has 0 aliphatic rings. The van der Waals surface area contributed by atoms with E-state index in [0.29, 0.717) is 0 Å². The van der Waals surface area contributed by atoms with E-state index in [1.165, 1.54) is 33.3 Å². The van der Waals surface area contributed by atoms with Crippen LogP contribution in [0.4, 0.5) is 0 Å². The molecule has 1 aromatic rings. The Kier molecular flexibility index (Phi) is 14.0. The molecule has 1 aromatic carbocycles. The summed E-state index contributed by atoms with van der Waals surface area (Å²) in [5, 5.41) is 4.41. The number of rotatable bonds is 9. The molecule has 0 aromatic heterocycles. The van der Waals surface area contributed by atoms with Gasteiger partial charge in [0.05, 0.1) is 11.9 Å². The number of carbonyl (C=O) groups excluding carboxylic acids is 4. The highest BCUT2D eigenvalue weighted by Crippen LogP contribution is 2.21. The van der Waals surface area contributed by atoms with Crippen molar-refractivity contribution in [1.29, 1.82) is 0 Å². The summed E-state index contributed by atoms with van der Waals surface area (Å²) in [6.45, 7) is 11.5. The van der Waals surface area contributed by atoms with Crippen LogP contribution in [0.2, 0.25) is 0 Å². The van der Waals surface area contributed by atoms with Gasteiger partial charge in [-0.15, -0.1) is 0 Å². The molecule has 7 nitrogen and oxygen atoms in total. The molecule has 0 fully saturated rings. The van der Waals surface area contributed by atoms with E-state index in [2.05, 4.69) is 35.4 Å². The van der Waals surface area contributed by atoms with Crippen molar-refractivity contribution in [1.82, 2.24) is 10.6 Å². The smallest absolute Gasteiger partial charge is 0.328 e. The van der Waals surface area contributed by atoms with E-state index in [9.17, 15) is 19.2 Å². The number of benzene rings is 1. The summed E-state index contributed by atoms with van der Waals surface area (Å²) in [4.78, 5) is 47.6. The van der Waals surface area contributed by atoms with Crippen molar-refractivity contribution in [3.05, 3.63) is 35.9 Å². The zero-order valence-electron chi connectivity index (χ0n) is 19.9. The van der Waals surface area contributed by atoms with Gasteiger partial charge >= 0.3 is 5.97 Å². The summed E-state index contributed by atoms with van der Waals surface area (Å²) in [5.74, 6) is -0.682. The largest absolute Gasteiger partial charge is 0.464 e. The number of amides is 2. The molecule has 1 unspecified atom stereocenters. The maximum atomic E-state index is 12.4. The summed E-state index contributed by atoms with van der Waals surface area (Å²) < 4.78 is 4.83. The van der Waals surface area contributed by atoms with Gasteiger partial charge in [-0.3, -0.25) is 14.4 Å². The van der Waals surface area contributed by atoms with E-state index < -0.39 is 34.6 Å². The lowest BCUT2D eigenvalue weighted by atomic mass is 10.0. The Morgan fingerprint density at radius 2 is 1.66 bits per heavy atom. The number of esters is 1. The Labute approximate surface area is 201 Å². The van der Waals surface area contributed by atoms with Crippen molar-refractivity contribution < 1.29 is 23.9 Å². The number of ether oxygens (including phenoxy) is 1. The first kappa shape index (κ1) is 30.0. The van der Waals surface area contributed by atoms with Crippen LogP contribution in [0, 0.1) is 5.92 Å². The molecule has 1 rings (SSSR count). The molecule has 32 heavy (non-hydrogen) atoms. The van der Waals surface area contributed by atoms with E-state index in [1.54, 1.807) is 6.92 Å². The molecule has 180 valence electrons. The SMILES string of the molecule is CCOC(=O)[C@H](C)NC(=O)C(C)(C)NC(=O)C(SC(C)=O)C(C)C.SCc1ccccc1. The van der Waals surface area contributed by atoms with Crippen molar-refractivity contribution in [3.8, 4) is 0 Å². The van der Waals surface area contributed by atoms with Crippen molar-refractivity contribution in [2.45, 2.75) is 71.0 Å². The average Bonchev–Trinajstić information content (AvgIpc) is 2.72. The highest BCUT2D eigenvalue weighted by atomic mass is 32.2. The van der Waals surface area contributed by atoms with Gasteiger partial charge in [-0.05, 0) is 39.2 Å². The predicted octanol–water partition coefficient (Wildman–Crippen LogP) is 3.37. The first-order chi connectivity index (χ1) is 14.8. The van der Waals surface area contributed by atoms with Gasteiger partial charge in [-0.25, -0.2) is 4.79 Å². The molecular formula is C23H36N2O5S2. The summed E-state index contributed by atoms with van der Waals surface area (Å²) in [5.41, 5.74) is 0.0401. The number of nitrogens with one attached hydrogen (secondary N) is 2. The van der Waals surface area contributed by atoms with Crippen LogP contribution in [0.1, 0.15) is 54.0 Å². The number of hydrogen-bond donors (Lipinski definition) is 3. The summed E-state index contributed by atoms with van der Waals surface area (Å²) in [7, 11) is 0. The van der Waals surface area contributed by atoms with Crippen LogP contribution in [0.3, 0.4) is 0 Å². The number of thiol groups is 1. The third-order valence-electron chi connectivity index (χ3n) is 4.17. The average molecular weight is 485 g/mol. The minimum Gasteiger partial charge on any atom is -0.464 e.